The molecule has 0 radical (unpaired) electrons. The molecule has 0 bridgehead atoms. The van der Waals surface area contributed by atoms with Gasteiger partial charge in [0.25, 0.3) is 0 Å². The van der Waals surface area contributed by atoms with Crippen LogP contribution in [0.2, 0.25) is 0 Å². The average molecular weight is 313 g/mol. The van der Waals surface area contributed by atoms with E-state index in [0.717, 1.165) is 26.1 Å². The zero-order valence-electron chi connectivity index (χ0n) is 2.63. The summed E-state index contributed by atoms with van der Waals surface area (Å²) in [4.78, 5) is 0. The van der Waals surface area contributed by atoms with E-state index in [1.807, 2.05) is 0 Å². The van der Waals surface area contributed by atoms with Crippen molar-refractivity contribution in [2.75, 3.05) is 0 Å². The van der Waals surface area contributed by atoms with Crippen LogP contribution in [0.3, 0.4) is 0 Å². The molecule has 0 aromatic rings. The molecule has 0 heterocycles. The normalized spacial score (nSPS) is 7.40. The van der Waals surface area contributed by atoms with Crippen molar-refractivity contribution < 1.29 is 26.1 Å². The summed E-state index contributed by atoms with van der Waals surface area (Å²) in [7, 11) is 0. The first-order valence-corrected chi connectivity index (χ1v) is 5.13. The molecule has 0 N–H and O–H groups in total. The molecular formula is CH4HgS3. The van der Waals surface area contributed by atoms with Gasteiger partial charge in [-0.2, -0.15) is 0 Å². The third-order valence-corrected chi connectivity index (χ3v) is 0. The third kappa shape index (κ3) is 24.1. The molecule has 0 unspecified atom stereocenters. The molecule has 0 aliphatic heterocycles. The quantitative estimate of drug-likeness (QED) is 0.283. The van der Waals surface area contributed by atoms with Gasteiger partial charge < -0.3 is 13.5 Å². The summed E-state index contributed by atoms with van der Waals surface area (Å²) < 4.78 is 0.417. The monoisotopic (exact) mass is 314 g/mol. The van der Waals surface area contributed by atoms with Gasteiger partial charge in [0.2, 0.25) is 0 Å². The summed E-state index contributed by atoms with van der Waals surface area (Å²) in [6.07, 6.45) is 0. The maximum Gasteiger partial charge on any atom is -0.813 e. The van der Waals surface area contributed by atoms with Crippen molar-refractivity contribution in [1.29, 1.82) is 0 Å². The molecule has 0 aliphatic rings. The van der Waals surface area contributed by atoms with E-state index in [1.54, 1.807) is 0 Å². The van der Waals surface area contributed by atoms with Gasteiger partial charge in [-0.05, 0) is 0 Å². The van der Waals surface area contributed by atoms with Crippen molar-refractivity contribution in [2.24, 2.45) is 0 Å². The fourth-order valence-electron chi connectivity index (χ4n) is 0. The van der Waals surface area contributed by atoms with E-state index in [1.165, 1.54) is 0 Å². The van der Waals surface area contributed by atoms with E-state index in [-0.39, 0.29) is 13.5 Å². The molecule has 5 heavy (non-hydrogen) atoms. The van der Waals surface area contributed by atoms with Crippen LogP contribution < -0.4 is 0 Å². The van der Waals surface area contributed by atoms with Crippen LogP contribution in [0.1, 0.15) is 0 Å². The number of rotatable bonds is 0. The Morgan fingerprint density at radius 1 is 1.40 bits per heavy atom. The van der Waals surface area contributed by atoms with Crippen molar-refractivity contribution in [3.63, 3.8) is 0 Å². The molecule has 0 aliphatic carbocycles. The molecule has 28 valence electrons. The van der Waals surface area contributed by atoms with Crippen molar-refractivity contribution in [3.8, 4) is 0 Å². The summed E-state index contributed by atoms with van der Waals surface area (Å²) in [6.45, 7) is 0. The Bertz CT molecular complexity index is 11.6. The summed E-state index contributed by atoms with van der Waals surface area (Å²) in [5.41, 5.74) is 0. The molecule has 0 atom stereocenters. The molecule has 0 nitrogen and oxygen atoms in total. The van der Waals surface area contributed by atoms with Crippen LogP contribution >= 0.6 is 25.3 Å². The summed E-state index contributed by atoms with van der Waals surface area (Å²) in [5, 5.41) is 0. The van der Waals surface area contributed by atoms with E-state index in [0.29, 0.717) is 2.09 Å². The fourth-order valence-corrected chi connectivity index (χ4v) is 0. The Kier molecular flexibility index (Phi) is 12.1. The third-order valence-electron chi connectivity index (χ3n) is 0. The first-order valence-electron chi connectivity index (χ1n) is 0.925. The smallest absolute Gasteiger partial charge is 0.813 e. The van der Waals surface area contributed by atoms with Crippen LogP contribution in [0.25, 0.3) is 0 Å². The Labute approximate surface area is 66.3 Å². The van der Waals surface area contributed by atoms with Crippen molar-refractivity contribution in [1.82, 2.24) is 0 Å². The molecule has 0 aromatic carbocycles. The zero-order valence-corrected chi connectivity index (χ0v) is 10.8. The van der Waals surface area contributed by atoms with Crippen molar-refractivity contribution in [3.05, 3.63) is 0 Å². The van der Waals surface area contributed by atoms with E-state index < -0.39 is 0 Å². The van der Waals surface area contributed by atoms with E-state index >= 15 is 0 Å². The molecule has 0 aromatic heterocycles. The predicted molar refractivity (Wildman–Crippen MR) is 30.5 cm³/mol. The molecule has 0 saturated carbocycles. The minimum absolute atomic E-state index is 0. The Morgan fingerprint density at radius 2 is 1.40 bits per heavy atom. The summed E-state index contributed by atoms with van der Waals surface area (Å²) in [5.74, 6) is 0. The fraction of sp³-hybridized carbons (Fsp3) is 1.00. The first kappa shape index (κ1) is 10.1. The van der Waals surface area contributed by atoms with Gasteiger partial charge in [0, 0.05) is 0 Å². The maximum absolute atomic E-state index is 3.92. The second kappa shape index (κ2) is 5.99. The van der Waals surface area contributed by atoms with Gasteiger partial charge in [0.05, 0.1) is 0 Å². The second-order valence-corrected chi connectivity index (χ2v) is 10.7. The Morgan fingerprint density at radius 3 is 1.40 bits per heavy atom. The average Bonchev–Trinajstić information content (AvgIpc) is 0.811. The topological polar surface area (TPSA) is 0 Å². The van der Waals surface area contributed by atoms with E-state index in [4.69, 9.17) is 0 Å². The van der Waals surface area contributed by atoms with Crippen LogP contribution in [0, 0.1) is 0 Å². The van der Waals surface area contributed by atoms with Gasteiger partial charge in [-0.25, -0.2) is 0 Å². The maximum atomic E-state index is 3.92. The molecule has 0 saturated heterocycles. The van der Waals surface area contributed by atoms with Crippen molar-refractivity contribution >= 4 is 38.8 Å². The Balaban J connectivity index is 0. The van der Waals surface area contributed by atoms with Crippen LogP contribution in [0.5, 0.6) is 0 Å². The minimum Gasteiger partial charge on any atom is -0.813 e. The van der Waals surface area contributed by atoms with Crippen LogP contribution in [0.4, 0.5) is 0 Å². The van der Waals surface area contributed by atoms with Crippen LogP contribution in [0.15, 0.2) is 0 Å². The summed E-state index contributed by atoms with van der Waals surface area (Å²) >= 11 is 8.58. The summed E-state index contributed by atoms with van der Waals surface area (Å²) in [6, 6.07) is 0. The largest absolute Gasteiger partial charge is 0.813 e. The molecule has 0 fully saturated rings. The Hall–Kier alpha value is 1.99. The van der Waals surface area contributed by atoms with E-state index in [2.05, 4.69) is 25.3 Å². The van der Waals surface area contributed by atoms with Crippen LogP contribution in [-0.2, 0) is 39.6 Å². The van der Waals surface area contributed by atoms with Gasteiger partial charge in [-0.1, -0.05) is 0 Å². The number of hydrogen-bond donors (Lipinski definition) is 2. The minimum atomic E-state index is 0. The molecule has 0 rings (SSSR count). The van der Waals surface area contributed by atoms with E-state index in [9.17, 15) is 0 Å². The van der Waals surface area contributed by atoms with Gasteiger partial charge in [0.15, 0.2) is 0 Å². The van der Waals surface area contributed by atoms with Gasteiger partial charge in [0.1, 0.15) is 0 Å². The van der Waals surface area contributed by atoms with Gasteiger partial charge >= 0.3 is 53.5 Å². The SMILES string of the molecule is S[CH](S)[Hg+].[SH-]. The van der Waals surface area contributed by atoms with Gasteiger partial charge in [-0.3, -0.25) is 0 Å². The van der Waals surface area contributed by atoms with Crippen molar-refractivity contribution in [2.45, 2.75) is 2.09 Å². The number of hydrogen-bond acceptors (Lipinski definition) is 3. The zero-order chi connectivity index (χ0) is 3.58. The van der Waals surface area contributed by atoms with Gasteiger partial charge in [-0.15, -0.1) is 0 Å². The molecule has 0 spiro atoms. The van der Waals surface area contributed by atoms with Crippen LogP contribution in [-0.4, -0.2) is 2.09 Å². The number of thiol groups is 3. The first-order chi connectivity index (χ1) is 1.73. The second-order valence-electron chi connectivity index (χ2n) is 0.481. The molecular weight excluding hydrogens is 309 g/mol. The molecule has 4 heteroatoms. The molecule has 0 amide bonds. The predicted octanol–water partition coefficient (Wildman–Crippen LogP) is 0.406. The standard InChI is InChI=1S/CH3S2.Hg.H2S/c2-1-3;;/h1-3H;;1H2/q;+1;/p-1.